The lowest BCUT2D eigenvalue weighted by molar-refractivity contribution is -0.135. The summed E-state index contributed by atoms with van der Waals surface area (Å²) in [4.78, 5) is 117. The summed E-state index contributed by atoms with van der Waals surface area (Å²) in [6.07, 6.45) is 2.39. The van der Waals surface area contributed by atoms with Gasteiger partial charge in [-0.25, -0.2) is 5.48 Å². The van der Waals surface area contributed by atoms with Gasteiger partial charge in [-0.15, -0.1) is 0 Å². The molecule has 9 amide bonds. The topological polar surface area (TPSA) is 407 Å². The number of aliphatic imine (C=N–C) groups is 1. The molecule has 24 heteroatoms. The van der Waals surface area contributed by atoms with E-state index in [-0.39, 0.29) is 51.0 Å². The van der Waals surface area contributed by atoms with Crippen LogP contribution in [0.2, 0.25) is 0 Å². The Balaban J connectivity index is 6.05. The van der Waals surface area contributed by atoms with Crippen molar-refractivity contribution in [2.24, 2.45) is 27.9 Å². The molecule has 0 aromatic rings. The SMILES string of the molecule is CC(=O)N[C@@H](CCCCN)C(=O)N[C@@H](C)C(=O)N[C@@H](C)C(=O)N[C@@H](CCCN=C(N)N)C(=O)N[C@@H](CCCCCC(=O)NO)C(=O)N[C@@H](CO)C(=O)N[C@@H](C)C(N)=O. The lowest BCUT2D eigenvalue weighted by atomic mass is 10.0. The molecule has 0 bridgehead atoms. The first-order chi connectivity index (χ1) is 27.3. The molecule has 0 aliphatic carbocycles. The van der Waals surface area contributed by atoms with Crippen LogP contribution in [-0.4, -0.2) is 131 Å². The summed E-state index contributed by atoms with van der Waals surface area (Å²) in [6, 6.07) is -8.70. The fraction of sp³-hybridized carbons (Fsp3) is 0.706. The predicted octanol–water partition coefficient (Wildman–Crippen LogP) is -5.42. The first-order valence-corrected chi connectivity index (χ1v) is 19.0. The van der Waals surface area contributed by atoms with Gasteiger partial charge >= 0.3 is 0 Å². The number of aliphatic hydroxyl groups is 1. The number of unbranched alkanes of at least 4 members (excludes halogenated alkanes) is 3. The van der Waals surface area contributed by atoms with Crippen LogP contribution in [0.3, 0.4) is 0 Å². The number of aliphatic hydroxyl groups excluding tert-OH is 1. The Morgan fingerprint density at radius 2 is 0.983 bits per heavy atom. The van der Waals surface area contributed by atoms with Gasteiger partial charge < -0.3 is 65.3 Å². The molecule has 0 heterocycles. The maximum absolute atomic E-state index is 13.7. The Morgan fingerprint density at radius 1 is 0.552 bits per heavy atom. The van der Waals surface area contributed by atoms with E-state index in [1.165, 1.54) is 33.2 Å². The number of nitrogens with zero attached hydrogens (tertiary/aromatic N) is 1. The minimum atomic E-state index is -1.55. The second-order valence-electron chi connectivity index (χ2n) is 13.6. The van der Waals surface area contributed by atoms with Gasteiger partial charge in [0, 0.05) is 19.9 Å². The lowest BCUT2D eigenvalue weighted by Gasteiger charge is -2.26. The van der Waals surface area contributed by atoms with E-state index >= 15 is 0 Å². The van der Waals surface area contributed by atoms with Crippen molar-refractivity contribution >= 4 is 59.1 Å². The number of carbonyl (C=O) groups excluding carboxylic acids is 9. The summed E-state index contributed by atoms with van der Waals surface area (Å²) in [5.74, 6) is -7.08. The number of hydrogen-bond donors (Lipinski definition) is 14. The number of carbonyl (C=O) groups is 9. The number of hydrogen-bond acceptors (Lipinski definition) is 13. The van der Waals surface area contributed by atoms with Crippen LogP contribution in [0.15, 0.2) is 4.99 Å². The van der Waals surface area contributed by atoms with Gasteiger partial charge in [-0.05, 0) is 72.3 Å². The summed E-state index contributed by atoms with van der Waals surface area (Å²) in [5.41, 5.74) is 23.0. The van der Waals surface area contributed by atoms with Crippen molar-refractivity contribution in [1.82, 2.24) is 42.7 Å². The van der Waals surface area contributed by atoms with Crippen LogP contribution in [-0.2, 0) is 43.2 Å². The molecule has 0 aromatic carbocycles. The van der Waals surface area contributed by atoms with Crippen molar-refractivity contribution in [3.63, 3.8) is 0 Å². The highest BCUT2D eigenvalue weighted by atomic mass is 16.5. The summed E-state index contributed by atoms with van der Waals surface area (Å²) < 4.78 is 0. The Bertz CT molecular complexity index is 1430. The first kappa shape index (κ1) is 52.4. The zero-order valence-electron chi connectivity index (χ0n) is 33.6. The molecule has 0 unspecified atom stereocenters. The molecule has 0 spiro atoms. The van der Waals surface area contributed by atoms with Crippen LogP contribution in [0.1, 0.15) is 91.9 Å². The van der Waals surface area contributed by atoms with Crippen molar-refractivity contribution in [2.75, 3.05) is 19.7 Å². The average Bonchev–Trinajstić information content (AvgIpc) is 3.15. The number of hydroxylamine groups is 1. The summed E-state index contributed by atoms with van der Waals surface area (Å²) >= 11 is 0. The van der Waals surface area contributed by atoms with E-state index in [4.69, 9.17) is 28.1 Å². The third-order valence-corrected chi connectivity index (χ3v) is 8.48. The average molecular weight is 830 g/mol. The van der Waals surface area contributed by atoms with Gasteiger partial charge in [0.1, 0.15) is 42.3 Å². The van der Waals surface area contributed by atoms with Crippen LogP contribution in [0, 0.1) is 0 Å². The van der Waals surface area contributed by atoms with E-state index < -0.39 is 102 Å². The van der Waals surface area contributed by atoms with E-state index in [0.717, 1.165) is 0 Å². The zero-order chi connectivity index (χ0) is 44.4. The van der Waals surface area contributed by atoms with Gasteiger partial charge in [0.2, 0.25) is 53.2 Å². The van der Waals surface area contributed by atoms with Gasteiger partial charge in [-0.1, -0.05) is 12.8 Å². The molecular weight excluding hydrogens is 766 g/mol. The van der Waals surface area contributed by atoms with Crippen LogP contribution in [0.25, 0.3) is 0 Å². The molecule has 330 valence electrons. The van der Waals surface area contributed by atoms with Gasteiger partial charge in [0.05, 0.1) is 6.61 Å². The maximum Gasteiger partial charge on any atom is 0.245 e. The fourth-order valence-corrected chi connectivity index (χ4v) is 5.12. The van der Waals surface area contributed by atoms with Crippen molar-refractivity contribution in [3.05, 3.63) is 0 Å². The largest absolute Gasteiger partial charge is 0.394 e. The number of rotatable bonds is 29. The van der Waals surface area contributed by atoms with E-state index in [0.29, 0.717) is 32.2 Å². The van der Waals surface area contributed by atoms with Crippen molar-refractivity contribution in [3.8, 4) is 0 Å². The molecule has 0 saturated heterocycles. The monoisotopic (exact) mass is 829 g/mol. The summed E-state index contributed by atoms with van der Waals surface area (Å²) in [5, 5.41) is 35.7. The molecule has 18 N–H and O–H groups in total. The van der Waals surface area contributed by atoms with Gasteiger partial charge in [0.25, 0.3) is 0 Å². The molecule has 0 aliphatic rings. The third kappa shape index (κ3) is 22.2. The normalized spacial score (nSPS) is 14.3. The quantitative estimate of drug-likeness (QED) is 0.0110. The molecule has 24 nitrogen and oxygen atoms in total. The lowest BCUT2D eigenvalue weighted by Crippen LogP contribution is -2.59. The Kier molecular flexibility index (Phi) is 25.9. The molecule has 0 radical (unpaired) electrons. The van der Waals surface area contributed by atoms with Gasteiger partial charge in [-0.2, -0.15) is 0 Å². The Morgan fingerprint density at radius 3 is 1.48 bits per heavy atom. The molecule has 0 aliphatic heterocycles. The Hall–Kier alpha value is -5.62. The molecular formula is C34H63N13O11. The highest BCUT2D eigenvalue weighted by Gasteiger charge is 2.31. The predicted molar refractivity (Wildman–Crippen MR) is 208 cm³/mol. The third-order valence-electron chi connectivity index (χ3n) is 8.48. The maximum atomic E-state index is 13.7. The minimum absolute atomic E-state index is 0.0267. The highest BCUT2D eigenvalue weighted by Crippen LogP contribution is 2.09. The molecule has 58 heavy (non-hydrogen) atoms. The molecule has 0 aromatic heterocycles. The smallest absolute Gasteiger partial charge is 0.245 e. The van der Waals surface area contributed by atoms with E-state index in [2.05, 4.69) is 42.2 Å². The highest BCUT2D eigenvalue weighted by molar-refractivity contribution is 5.97. The number of amides is 9. The standard InChI is InChI=1S/C34H63N13O11/c1-18(27(36)51)40-33(57)25(17-48)46-32(56)23(11-6-5-7-14-26(50)47-58)45-31(55)24(13-10-16-39-34(37)38)44-29(53)20(3)41-28(52)19(2)42-30(54)22(43-21(4)49)12-8-9-15-35/h18-20,22-25,48,58H,5-17,35H2,1-4H3,(H2,36,51)(H,40,57)(H,41,52)(H,42,54)(H,43,49)(H,44,53)(H,45,55)(H,46,56)(H,47,50)(H4,37,38,39)/t18-,19-,20-,22-,23-,24-,25-/m0/s1. The summed E-state index contributed by atoms with van der Waals surface area (Å²) in [7, 11) is 0. The van der Waals surface area contributed by atoms with Crippen molar-refractivity contribution in [1.29, 1.82) is 0 Å². The van der Waals surface area contributed by atoms with Crippen LogP contribution in [0.5, 0.6) is 0 Å². The van der Waals surface area contributed by atoms with E-state index in [1.807, 2.05) is 0 Å². The molecule has 0 rings (SSSR count). The summed E-state index contributed by atoms with van der Waals surface area (Å²) in [6.45, 7) is 4.80. The number of primary amides is 1. The molecule has 0 fully saturated rings. The second-order valence-corrected chi connectivity index (χ2v) is 13.6. The fourth-order valence-electron chi connectivity index (χ4n) is 5.12. The van der Waals surface area contributed by atoms with Crippen LogP contribution in [0.4, 0.5) is 0 Å². The van der Waals surface area contributed by atoms with Crippen molar-refractivity contribution in [2.45, 2.75) is 134 Å². The van der Waals surface area contributed by atoms with Gasteiger partial charge in [0.15, 0.2) is 5.96 Å². The van der Waals surface area contributed by atoms with E-state index in [1.54, 1.807) is 0 Å². The van der Waals surface area contributed by atoms with Crippen LogP contribution >= 0.6 is 0 Å². The van der Waals surface area contributed by atoms with E-state index in [9.17, 15) is 48.3 Å². The zero-order valence-corrected chi connectivity index (χ0v) is 33.6. The van der Waals surface area contributed by atoms with Crippen molar-refractivity contribution < 1.29 is 53.5 Å². The van der Waals surface area contributed by atoms with Gasteiger partial charge in [-0.3, -0.25) is 53.4 Å². The second kappa shape index (κ2) is 28.7. The number of guanidine groups is 1. The molecule has 7 atom stereocenters. The number of nitrogens with two attached hydrogens (primary N) is 4. The first-order valence-electron chi connectivity index (χ1n) is 19.0. The van der Waals surface area contributed by atoms with Crippen LogP contribution < -0.4 is 65.6 Å². The number of nitrogens with one attached hydrogen (secondary N) is 8. The minimum Gasteiger partial charge on any atom is -0.394 e. The Labute approximate surface area is 336 Å². The molecule has 0 saturated carbocycles.